The summed E-state index contributed by atoms with van der Waals surface area (Å²) in [6.45, 7) is 2.22. The highest BCUT2D eigenvalue weighted by molar-refractivity contribution is 5.75. The average molecular weight is 350 g/mol. The minimum atomic E-state index is -0.359. The molecule has 25 heavy (non-hydrogen) atoms. The number of nitrogens with one attached hydrogen (secondary N) is 1. The molecule has 0 spiro atoms. The molecule has 0 aromatic carbocycles. The summed E-state index contributed by atoms with van der Waals surface area (Å²) in [7, 11) is 0. The number of hydrogen-bond donors (Lipinski definition) is 2. The highest BCUT2D eigenvalue weighted by atomic mass is 16.5. The van der Waals surface area contributed by atoms with E-state index in [1.165, 1.54) is 32.1 Å². The van der Waals surface area contributed by atoms with Crippen molar-refractivity contribution in [3.05, 3.63) is 11.9 Å². The van der Waals surface area contributed by atoms with Gasteiger partial charge in [0.1, 0.15) is 0 Å². The molecule has 1 aliphatic carbocycles. The monoisotopic (exact) mass is 350 g/mol. The SMILES string of the molecule is CCC(=O)N[C@@H](CO)[C@@H]1C[C@@H](n2cc(CC3CCCCC3)nn2)CO1. The van der Waals surface area contributed by atoms with Gasteiger partial charge in [-0.3, -0.25) is 4.79 Å². The van der Waals surface area contributed by atoms with Crippen LogP contribution in [0, 0.1) is 5.92 Å². The van der Waals surface area contributed by atoms with Crippen LogP contribution in [-0.4, -0.2) is 51.4 Å². The number of nitrogens with zero attached hydrogens (tertiary/aromatic N) is 3. The first-order valence-corrected chi connectivity index (χ1v) is 9.62. The van der Waals surface area contributed by atoms with Crippen LogP contribution in [0.4, 0.5) is 0 Å². The zero-order valence-corrected chi connectivity index (χ0v) is 15.1. The fourth-order valence-corrected chi connectivity index (χ4v) is 3.94. The lowest BCUT2D eigenvalue weighted by atomic mass is 9.86. The van der Waals surface area contributed by atoms with E-state index >= 15 is 0 Å². The van der Waals surface area contributed by atoms with Gasteiger partial charge < -0.3 is 15.2 Å². The number of ether oxygens (including phenoxy) is 1. The van der Waals surface area contributed by atoms with E-state index in [9.17, 15) is 9.90 Å². The lowest BCUT2D eigenvalue weighted by Crippen LogP contribution is -2.45. The molecule has 140 valence electrons. The Morgan fingerprint density at radius 2 is 2.24 bits per heavy atom. The third kappa shape index (κ3) is 4.79. The number of rotatable bonds is 7. The third-order valence-corrected chi connectivity index (χ3v) is 5.47. The van der Waals surface area contributed by atoms with Gasteiger partial charge in [-0.15, -0.1) is 5.10 Å². The van der Waals surface area contributed by atoms with E-state index in [0.29, 0.717) is 13.0 Å². The number of aliphatic hydroxyl groups excluding tert-OH is 1. The lowest BCUT2D eigenvalue weighted by Gasteiger charge is -2.21. The fourth-order valence-electron chi connectivity index (χ4n) is 3.94. The maximum atomic E-state index is 11.6. The van der Waals surface area contributed by atoms with Gasteiger partial charge in [0.05, 0.1) is 37.1 Å². The van der Waals surface area contributed by atoms with Crippen LogP contribution in [0.5, 0.6) is 0 Å². The second kappa shape index (κ2) is 8.76. The number of hydrogen-bond acceptors (Lipinski definition) is 5. The summed E-state index contributed by atoms with van der Waals surface area (Å²) in [4.78, 5) is 11.6. The van der Waals surface area contributed by atoms with Crippen molar-refractivity contribution in [2.75, 3.05) is 13.2 Å². The van der Waals surface area contributed by atoms with E-state index in [0.717, 1.165) is 24.5 Å². The average Bonchev–Trinajstić information content (AvgIpc) is 3.29. The topological polar surface area (TPSA) is 89.3 Å². The smallest absolute Gasteiger partial charge is 0.220 e. The van der Waals surface area contributed by atoms with E-state index in [4.69, 9.17) is 4.74 Å². The highest BCUT2D eigenvalue weighted by Gasteiger charge is 2.34. The Bertz CT molecular complexity index is 556. The van der Waals surface area contributed by atoms with Gasteiger partial charge in [-0.1, -0.05) is 44.2 Å². The summed E-state index contributed by atoms with van der Waals surface area (Å²) in [5.41, 5.74) is 1.06. The molecule has 3 atom stereocenters. The summed E-state index contributed by atoms with van der Waals surface area (Å²) in [5.74, 6) is 0.677. The second-order valence-electron chi connectivity index (χ2n) is 7.37. The number of carbonyl (C=O) groups is 1. The molecule has 1 saturated carbocycles. The van der Waals surface area contributed by atoms with Gasteiger partial charge in [0.25, 0.3) is 0 Å². The largest absolute Gasteiger partial charge is 0.394 e. The van der Waals surface area contributed by atoms with Gasteiger partial charge in [0.2, 0.25) is 5.91 Å². The standard InChI is InChI=1S/C18H30N4O3/c1-2-18(24)19-16(11-23)17-9-15(12-25-17)22-10-14(20-21-22)8-13-6-4-3-5-7-13/h10,13,15-17,23H,2-9,11-12H2,1H3,(H,19,24)/t15-,16+,17+/m1/s1. The van der Waals surface area contributed by atoms with Crippen LogP contribution in [0.25, 0.3) is 0 Å². The molecule has 2 heterocycles. The Morgan fingerprint density at radius 3 is 2.96 bits per heavy atom. The number of aliphatic hydroxyl groups is 1. The van der Waals surface area contributed by atoms with E-state index < -0.39 is 0 Å². The predicted molar refractivity (Wildman–Crippen MR) is 93.0 cm³/mol. The molecule has 0 radical (unpaired) electrons. The molecule has 1 aromatic rings. The number of carbonyl (C=O) groups excluding carboxylic acids is 1. The lowest BCUT2D eigenvalue weighted by molar-refractivity contribution is -0.122. The quantitative estimate of drug-likeness (QED) is 0.780. The van der Waals surface area contributed by atoms with Gasteiger partial charge in [-0.25, -0.2) is 4.68 Å². The molecular formula is C18H30N4O3. The van der Waals surface area contributed by atoms with Gasteiger partial charge in [-0.05, 0) is 12.3 Å². The molecular weight excluding hydrogens is 320 g/mol. The zero-order chi connectivity index (χ0) is 17.6. The fraction of sp³-hybridized carbons (Fsp3) is 0.833. The Balaban J connectivity index is 1.53. The Labute approximate surface area is 149 Å². The van der Waals surface area contributed by atoms with Crippen LogP contribution >= 0.6 is 0 Å². The summed E-state index contributed by atoms with van der Waals surface area (Å²) in [6, 6.07) is -0.243. The molecule has 1 saturated heterocycles. The van der Waals surface area contributed by atoms with Crippen LogP contribution < -0.4 is 5.32 Å². The van der Waals surface area contributed by atoms with Crippen molar-refractivity contribution in [3.8, 4) is 0 Å². The first-order valence-electron chi connectivity index (χ1n) is 9.62. The second-order valence-corrected chi connectivity index (χ2v) is 7.37. The molecule has 2 N–H and O–H groups in total. The molecule has 1 amide bonds. The molecule has 0 unspecified atom stereocenters. The molecule has 7 heteroatoms. The Morgan fingerprint density at radius 1 is 1.44 bits per heavy atom. The molecule has 3 rings (SSSR count). The Kier molecular flexibility index (Phi) is 6.42. The van der Waals surface area contributed by atoms with Gasteiger partial charge in [0, 0.05) is 19.0 Å². The van der Waals surface area contributed by atoms with Crippen LogP contribution in [0.15, 0.2) is 6.20 Å². The molecule has 1 aromatic heterocycles. The number of aromatic nitrogens is 3. The van der Waals surface area contributed by atoms with Crippen molar-refractivity contribution in [1.82, 2.24) is 20.3 Å². The first-order chi connectivity index (χ1) is 12.2. The van der Waals surface area contributed by atoms with Crippen molar-refractivity contribution in [2.45, 2.75) is 76.5 Å². The normalized spacial score (nSPS) is 25.8. The van der Waals surface area contributed by atoms with Gasteiger partial charge in [0.15, 0.2) is 0 Å². The molecule has 1 aliphatic heterocycles. The molecule has 2 aliphatic rings. The van der Waals surface area contributed by atoms with Crippen molar-refractivity contribution in [2.24, 2.45) is 5.92 Å². The summed E-state index contributed by atoms with van der Waals surface area (Å²) >= 11 is 0. The zero-order valence-electron chi connectivity index (χ0n) is 15.1. The highest BCUT2D eigenvalue weighted by Crippen LogP contribution is 2.28. The summed E-state index contributed by atoms with van der Waals surface area (Å²) in [6.07, 6.45) is 10.6. The first kappa shape index (κ1) is 18.3. The van der Waals surface area contributed by atoms with Crippen molar-refractivity contribution >= 4 is 5.91 Å². The van der Waals surface area contributed by atoms with E-state index in [1.54, 1.807) is 6.92 Å². The van der Waals surface area contributed by atoms with Crippen LogP contribution in [-0.2, 0) is 16.0 Å². The van der Waals surface area contributed by atoms with Gasteiger partial charge >= 0.3 is 0 Å². The molecule has 0 bridgehead atoms. The predicted octanol–water partition coefficient (Wildman–Crippen LogP) is 1.62. The maximum Gasteiger partial charge on any atom is 0.220 e. The number of amides is 1. The van der Waals surface area contributed by atoms with E-state index in [-0.39, 0.29) is 30.7 Å². The minimum absolute atomic E-state index is 0.0679. The summed E-state index contributed by atoms with van der Waals surface area (Å²) in [5, 5.41) is 21.0. The van der Waals surface area contributed by atoms with Crippen LogP contribution in [0.1, 0.15) is 63.6 Å². The summed E-state index contributed by atoms with van der Waals surface area (Å²) < 4.78 is 7.71. The van der Waals surface area contributed by atoms with Gasteiger partial charge in [-0.2, -0.15) is 0 Å². The van der Waals surface area contributed by atoms with E-state index in [2.05, 4.69) is 15.6 Å². The minimum Gasteiger partial charge on any atom is -0.394 e. The molecule has 7 nitrogen and oxygen atoms in total. The van der Waals surface area contributed by atoms with Crippen molar-refractivity contribution < 1.29 is 14.6 Å². The molecule has 2 fully saturated rings. The van der Waals surface area contributed by atoms with Crippen molar-refractivity contribution in [1.29, 1.82) is 0 Å². The van der Waals surface area contributed by atoms with Crippen LogP contribution in [0.2, 0.25) is 0 Å². The van der Waals surface area contributed by atoms with E-state index in [1.807, 2.05) is 10.9 Å². The maximum absolute atomic E-state index is 11.6. The van der Waals surface area contributed by atoms with Crippen LogP contribution in [0.3, 0.4) is 0 Å². The Hall–Kier alpha value is -1.47. The van der Waals surface area contributed by atoms with Crippen molar-refractivity contribution in [3.63, 3.8) is 0 Å². The third-order valence-electron chi connectivity index (χ3n) is 5.47.